The Bertz CT molecular complexity index is 911. The first kappa shape index (κ1) is 20.7. The molecule has 0 fully saturated rings. The minimum atomic E-state index is -0.251. The Balaban J connectivity index is 1.51. The van der Waals surface area contributed by atoms with Gasteiger partial charge in [-0.2, -0.15) is 0 Å². The van der Waals surface area contributed by atoms with Crippen LogP contribution in [0.3, 0.4) is 0 Å². The van der Waals surface area contributed by atoms with Crippen molar-refractivity contribution in [2.24, 2.45) is 0 Å². The number of nitrogens with zero attached hydrogens (tertiary/aromatic N) is 1. The summed E-state index contributed by atoms with van der Waals surface area (Å²) in [7, 11) is 0. The number of benzene rings is 1. The zero-order chi connectivity index (χ0) is 19.8. The molecule has 1 aliphatic carbocycles. The van der Waals surface area contributed by atoms with Crippen molar-refractivity contribution >= 4 is 29.3 Å². The van der Waals surface area contributed by atoms with Crippen molar-refractivity contribution in [3.05, 3.63) is 68.6 Å². The Morgan fingerprint density at radius 1 is 1.29 bits per heavy atom. The summed E-state index contributed by atoms with van der Waals surface area (Å²) in [5.41, 5.74) is 2.70. The van der Waals surface area contributed by atoms with E-state index in [0.29, 0.717) is 28.2 Å². The molecule has 2 aromatic rings. The smallest absolute Gasteiger partial charge is 0.251 e. The van der Waals surface area contributed by atoms with Crippen LogP contribution in [0.1, 0.15) is 43.4 Å². The highest BCUT2D eigenvalue weighted by molar-refractivity contribution is 7.98. The van der Waals surface area contributed by atoms with Crippen LogP contribution in [0, 0.1) is 0 Å². The molecule has 0 unspecified atom stereocenters. The van der Waals surface area contributed by atoms with E-state index >= 15 is 0 Å². The molecular formula is C21H24ClN3O2S. The van der Waals surface area contributed by atoms with Crippen LogP contribution in [-0.4, -0.2) is 22.4 Å². The SMILES string of the molecule is O=C(Cc1cc(=O)[nH]c(SCc2cccc(Cl)c2)n1)NCCC1=CCCCC1. The predicted molar refractivity (Wildman–Crippen MR) is 114 cm³/mol. The summed E-state index contributed by atoms with van der Waals surface area (Å²) in [6, 6.07) is 8.94. The molecule has 5 nitrogen and oxygen atoms in total. The van der Waals surface area contributed by atoms with Crippen LogP contribution < -0.4 is 10.9 Å². The number of allylic oxidation sites excluding steroid dienone is 1. The number of nitrogens with one attached hydrogen (secondary N) is 2. The van der Waals surface area contributed by atoms with Crippen LogP contribution in [-0.2, 0) is 17.0 Å². The topological polar surface area (TPSA) is 74.8 Å². The van der Waals surface area contributed by atoms with Gasteiger partial charge in [0.15, 0.2) is 5.16 Å². The first-order valence-corrected chi connectivity index (χ1v) is 10.9. The van der Waals surface area contributed by atoms with Gasteiger partial charge in [-0.25, -0.2) is 4.98 Å². The number of hydrogen-bond acceptors (Lipinski definition) is 4. The number of hydrogen-bond donors (Lipinski definition) is 2. The van der Waals surface area contributed by atoms with Gasteiger partial charge in [0.1, 0.15) is 0 Å². The summed E-state index contributed by atoms with van der Waals surface area (Å²) >= 11 is 7.40. The van der Waals surface area contributed by atoms with Gasteiger partial charge in [0.2, 0.25) is 5.91 Å². The lowest BCUT2D eigenvalue weighted by Crippen LogP contribution is -2.27. The number of aromatic amines is 1. The Kier molecular flexibility index (Phi) is 7.74. The van der Waals surface area contributed by atoms with Gasteiger partial charge in [0.05, 0.1) is 12.1 Å². The summed E-state index contributed by atoms with van der Waals surface area (Å²) in [6.07, 6.45) is 8.09. The largest absolute Gasteiger partial charge is 0.355 e. The van der Waals surface area contributed by atoms with Gasteiger partial charge in [0, 0.05) is 23.4 Å². The number of carbonyl (C=O) groups is 1. The van der Waals surface area contributed by atoms with Crippen molar-refractivity contribution in [3.8, 4) is 0 Å². The number of halogens is 1. The Morgan fingerprint density at radius 2 is 2.18 bits per heavy atom. The lowest BCUT2D eigenvalue weighted by Gasteiger charge is -2.13. The number of rotatable bonds is 8. The molecule has 0 saturated carbocycles. The standard InChI is InChI=1S/C21H24ClN3O2S/c22-17-8-4-7-16(11-17)14-28-21-24-18(13-20(27)25-21)12-19(26)23-10-9-15-5-2-1-3-6-15/h4-5,7-8,11,13H,1-3,6,9-10,12,14H2,(H,23,26)(H,24,25,27). The Morgan fingerprint density at radius 3 is 2.96 bits per heavy atom. The average molecular weight is 418 g/mol. The normalized spacial score (nSPS) is 13.8. The highest BCUT2D eigenvalue weighted by atomic mass is 35.5. The first-order valence-electron chi connectivity index (χ1n) is 9.50. The van der Waals surface area contributed by atoms with E-state index in [9.17, 15) is 9.59 Å². The molecule has 0 atom stereocenters. The van der Waals surface area contributed by atoms with Crippen molar-refractivity contribution < 1.29 is 4.79 Å². The fourth-order valence-electron chi connectivity index (χ4n) is 3.14. The second-order valence-electron chi connectivity index (χ2n) is 6.85. The zero-order valence-electron chi connectivity index (χ0n) is 15.7. The lowest BCUT2D eigenvalue weighted by atomic mass is 9.97. The highest BCUT2D eigenvalue weighted by Crippen LogP contribution is 2.21. The van der Waals surface area contributed by atoms with E-state index in [4.69, 9.17) is 11.6 Å². The van der Waals surface area contributed by atoms with Crippen LogP contribution in [0.2, 0.25) is 5.02 Å². The molecule has 3 rings (SSSR count). The first-order chi connectivity index (χ1) is 13.6. The second kappa shape index (κ2) is 10.5. The zero-order valence-corrected chi connectivity index (χ0v) is 17.2. The number of thioether (sulfide) groups is 1. The highest BCUT2D eigenvalue weighted by Gasteiger charge is 2.09. The average Bonchev–Trinajstić information content (AvgIpc) is 2.67. The minimum absolute atomic E-state index is 0.105. The molecule has 1 aliphatic rings. The minimum Gasteiger partial charge on any atom is -0.355 e. The van der Waals surface area contributed by atoms with Crippen molar-refractivity contribution in [3.63, 3.8) is 0 Å². The summed E-state index contributed by atoms with van der Waals surface area (Å²) in [6.45, 7) is 0.629. The molecule has 0 saturated heterocycles. The quantitative estimate of drug-likeness (QED) is 0.382. The maximum absolute atomic E-state index is 12.2. The van der Waals surface area contributed by atoms with Gasteiger partial charge in [0.25, 0.3) is 5.56 Å². The number of amides is 1. The molecular weight excluding hydrogens is 394 g/mol. The van der Waals surface area contributed by atoms with E-state index in [1.54, 1.807) is 0 Å². The van der Waals surface area contributed by atoms with Gasteiger partial charge in [-0.15, -0.1) is 0 Å². The molecule has 7 heteroatoms. The molecule has 0 bridgehead atoms. The van der Waals surface area contributed by atoms with Crippen LogP contribution in [0.5, 0.6) is 0 Å². The van der Waals surface area contributed by atoms with Gasteiger partial charge < -0.3 is 10.3 Å². The molecule has 0 radical (unpaired) electrons. The Labute approximate surface area is 174 Å². The fraction of sp³-hybridized carbons (Fsp3) is 0.381. The lowest BCUT2D eigenvalue weighted by molar-refractivity contribution is -0.120. The monoisotopic (exact) mass is 417 g/mol. The third kappa shape index (κ3) is 6.84. The molecule has 148 valence electrons. The molecule has 0 spiro atoms. The summed E-state index contributed by atoms with van der Waals surface area (Å²) in [5.74, 6) is 0.522. The van der Waals surface area contributed by atoms with Gasteiger partial charge in [-0.1, -0.05) is 47.1 Å². The molecule has 28 heavy (non-hydrogen) atoms. The predicted octanol–water partition coefficient (Wildman–Crippen LogP) is 4.26. The summed E-state index contributed by atoms with van der Waals surface area (Å²) in [5, 5.41) is 4.11. The van der Waals surface area contributed by atoms with E-state index in [-0.39, 0.29) is 17.9 Å². The van der Waals surface area contributed by atoms with Crippen molar-refractivity contribution in [1.29, 1.82) is 0 Å². The number of H-pyrrole nitrogens is 1. The van der Waals surface area contributed by atoms with Crippen molar-refractivity contribution in [1.82, 2.24) is 15.3 Å². The molecule has 2 N–H and O–H groups in total. The van der Waals surface area contributed by atoms with E-state index < -0.39 is 0 Å². The third-order valence-electron chi connectivity index (χ3n) is 4.53. The second-order valence-corrected chi connectivity index (χ2v) is 8.25. The summed E-state index contributed by atoms with van der Waals surface area (Å²) < 4.78 is 0. The van der Waals surface area contributed by atoms with Gasteiger partial charge in [-0.05, 0) is 49.8 Å². The van der Waals surface area contributed by atoms with E-state index in [2.05, 4.69) is 21.4 Å². The molecule has 1 aromatic heterocycles. The molecule has 0 aliphatic heterocycles. The summed E-state index contributed by atoms with van der Waals surface area (Å²) in [4.78, 5) is 31.2. The molecule has 1 aromatic carbocycles. The fourth-order valence-corrected chi connectivity index (χ4v) is 4.19. The van der Waals surface area contributed by atoms with Crippen LogP contribution in [0.4, 0.5) is 0 Å². The van der Waals surface area contributed by atoms with Crippen LogP contribution >= 0.6 is 23.4 Å². The maximum Gasteiger partial charge on any atom is 0.251 e. The van der Waals surface area contributed by atoms with Crippen LogP contribution in [0.25, 0.3) is 0 Å². The maximum atomic E-state index is 12.2. The van der Waals surface area contributed by atoms with E-state index in [1.807, 2.05) is 24.3 Å². The van der Waals surface area contributed by atoms with Gasteiger partial charge in [-0.3, -0.25) is 9.59 Å². The number of carbonyl (C=O) groups excluding carboxylic acids is 1. The van der Waals surface area contributed by atoms with E-state index in [1.165, 1.54) is 36.2 Å². The van der Waals surface area contributed by atoms with E-state index in [0.717, 1.165) is 24.8 Å². The van der Waals surface area contributed by atoms with Gasteiger partial charge >= 0.3 is 0 Å². The van der Waals surface area contributed by atoms with Crippen molar-refractivity contribution in [2.45, 2.75) is 49.4 Å². The van der Waals surface area contributed by atoms with Crippen LogP contribution in [0.15, 0.2) is 51.9 Å². The molecule has 1 amide bonds. The molecule has 1 heterocycles. The third-order valence-corrected chi connectivity index (χ3v) is 5.71. The Hall–Kier alpha value is -2.05. The van der Waals surface area contributed by atoms with Crippen molar-refractivity contribution in [2.75, 3.05) is 6.54 Å². The number of aromatic nitrogens is 2.